The first kappa shape index (κ1) is 13.1. The molecule has 0 aromatic carbocycles. The van der Waals surface area contributed by atoms with E-state index in [-0.39, 0.29) is 5.97 Å². The molecule has 1 rings (SSSR count). The summed E-state index contributed by atoms with van der Waals surface area (Å²) < 4.78 is 9.83. The summed E-state index contributed by atoms with van der Waals surface area (Å²) >= 11 is 1.47. The zero-order valence-corrected chi connectivity index (χ0v) is 10.5. The van der Waals surface area contributed by atoms with Gasteiger partial charge in [0.05, 0.1) is 13.3 Å². The molecule has 0 saturated carbocycles. The van der Waals surface area contributed by atoms with E-state index >= 15 is 0 Å². The van der Waals surface area contributed by atoms with Crippen LogP contribution in [-0.4, -0.2) is 36.4 Å². The van der Waals surface area contributed by atoms with Crippen LogP contribution in [0.2, 0.25) is 0 Å². The van der Waals surface area contributed by atoms with Crippen LogP contribution in [0.5, 0.6) is 0 Å². The van der Waals surface area contributed by atoms with Crippen LogP contribution in [0.1, 0.15) is 13.3 Å². The number of carbonyl (C=O) groups excluding carboxylic acids is 1. The smallest absolute Gasteiger partial charge is 0.325 e. The summed E-state index contributed by atoms with van der Waals surface area (Å²) in [5.74, 6) is 0.468. The minimum Gasteiger partial charge on any atom is -0.468 e. The first-order valence-electron chi connectivity index (χ1n) is 4.92. The van der Waals surface area contributed by atoms with E-state index in [4.69, 9.17) is 9.15 Å². The van der Waals surface area contributed by atoms with Crippen molar-refractivity contribution < 1.29 is 13.9 Å². The third-order valence-electron chi connectivity index (χ3n) is 2.42. The van der Waals surface area contributed by atoms with E-state index in [1.165, 1.54) is 25.1 Å². The molecule has 0 radical (unpaired) electrons. The first-order chi connectivity index (χ1) is 7.62. The van der Waals surface area contributed by atoms with E-state index in [0.29, 0.717) is 11.6 Å². The number of oxazole rings is 1. The van der Waals surface area contributed by atoms with Crippen molar-refractivity contribution in [2.45, 2.75) is 24.1 Å². The van der Waals surface area contributed by atoms with E-state index < -0.39 is 5.54 Å². The monoisotopic (exact) mass is 244 g/mol. The van der Waals surface area contributed by atoms with Crippen molar-refractivity contribution in [3.63, 3.8) is 0 Å². The number of carbonyl (C=O) groups is 1. The summed E-state index contributed by atoms with van der Waals surface area (Å²) in [6.45, 7) is 1.81. The molecule has 0 aliphatic heterocycles. The van der Waals surface area contributed by atoms with Crippen LogP contribution < -0.4 is 5.32 Å². The highest BCUT2D eigenvalue weighted by Gasteiger charge is 2.32. The second-order valence-corrected chi connectivity index (χ2v) is 4.52. The highest BCUT2D eigenvalue weighted by Crippen LogP contribution is 2.20. The highest BCUT2D eigenvalue weighted by molar-refractivity contribution is 7.99. The molecule has 0 saturated heterocycles. The zero-order chi connectivity index (χ0) is 12.0. The van der Waals surface area contributed by atoms with Gasteiger partial charge in [0.15, 0.2) is 0 Å². The largest absolute Gasteiger partial charge is 0.468 e. The van der Waals surface area contributed by atoms with Crippen LogP contribution in [0.4, 0.5) is 0 Å². The van der Waals surface area contributed by atoms with Crippen molar-refractivity contribution in [3.8, 4) is 0 Å². The number of thioether (sulfide) groups is 1. The molecule has 1 heterocycles. The maximum atomic E-state index is 11.5. The second-order valence-electron chi connectivity index (χ2n) is 3.47. The molecular formula is C10H16N2O3S. The minimum absolute atomic E-state index is 0.261. The fraction of sp³-hybridized carbons (Fsp3) is 0.600. The molecule has 1 aromatic heterocycles. The van der Waals surface area contributed by atoms with E-state index in [0.717, 1.165) is 5.75 Å². The number of hydrogen-bond acceptors (Lipinski definition) is 6. The van der Waals surface area contributed by atoms with Crippen LogP contribution in [-0.2, 0) is 9.53 Å². The van der Waals surface area contributed by atoms with Crippen LogP contribution in [0, 0.1) is 0 Å². The summed E-state index contributed by atoms with van der Waals surface area (Å²) in [6, 6.07) is 0. The normalized spacial score (nSPS) is 14.4. The van der Waals surface area contributed by atoms with Crippen LogP contribution in [0.25, 0.3) is 0 Å². The lowest BCUT2D eigenvalue weighted by Gasteiger charge is -2.25. The molecule has 0 spiro atoms. The lowest BCUT2D eigenvalue weighted by Crippen LogP contribution is -2.48. The Hall–Kier alpha value is -1.01. The Kier molecular flexibility index (Phi) is 4.82. The lowest BCUT2D eigenvalue weighted by molar-refractivity contribution is -0.147. The average Bonchev–Trinajstić information content (AvgIpc) is 2.80. The van der Waals surface area contributed by atoms with Crippen molar-refractivity contribution in [1.82, 2.24) is 10.3 Å². The van der Waals surface area contributed by atoms with E-state index in [9.17, 15) is 4.79 Å². The van der Waals surface area contributed by atoms with Crippen LogP contribution in [0.15, 0.2) is 22.1 Å². The van der Waals surface area contributed by atoms with Gasteiger partial charge in [-0.3, -0.25) is 4.79 Å². The first-order valence-corrected chi connectivity index (χ1v) is 5.90. The number of methoxy groups -OCH3 is 1. The predicted octanol–water partition coefficient (Wildman–Crippen LogP) is 1.31. The van der Waals surface area contributed by atoms with Gasteiger partial charge in [-0.1, -0.05) is 11.8 Å². The Balaban J connectivity index is 2.42. The molecule has 16 heavy (non-hydrogen) atoms. The highest BCUT2D eigenvalue weighted by atomic mass is 32.2. The number of esters is 1. The molecule has 0 bridgehead atoms. The van der Waals surface area contributed by atoms with Crippen molar-refractivity contribution in [2.24, 2.45) is 0 Å². The maximum Gasteiger partial charge on any atom is 0.325 e. The number of hydrogen-bond donors (Lipinski definition) is 1. The van der Waals surface area contributed by atoms with E-state index in [1.54, 1.807) is 13.2 Å². The predicted molar refractivity (Wildman–Crippen MR) is 61.3 cm³/mol. The molecular weight excluding hydrogens is 228 g/mol. The van der Waals surface area contributed by atoms with Gasteiger partial charge in [-0.2, -0.15) is 0 Å². The Morgan fingerprint density at radius 3 is 3.00 bits per heavy atom. The molecule has 0 aliphatic rings. The molecule has 1 unspecified atom stereocenters. The minimum atomic E-state index is -0.658. The molecule has 0 fully saturated rings. The Bertz CT molecular complexity index is 329. The third kappa shape index (κ3) is 3.24. The Labute approximate surface area is 98.9 Å². The summed E-state index contributed by atoms with van der Waals surface area (Å²) in [5.41, 5.74) is -0.658. The zero-order valence-electron chi connectivity index (χ0n) is 9.65. The van der Waals surface area contributed by atoms with E-state index in [1.807, 2.05) is 6.92 Å². The van der Waals surface area contributed by atoms with E-state index in [2.05, 4.69) is 10.3 Å². The number of aromatic nitrogens is 1. The standard InChI is InChI=1S/C10H16N2O3S/c1-10(11-2,8(13)14-3)4-7-16-9-12-5-6-15-9/h5-6,11H,4,7H2,1-3H3. The quantitative estimate of drug-likeness (QED) is 0.601. The average molecular weight is 244 g/mol. The molecule has 1 N–H and O–H groups in total. The molecule has 0 amide bonds. The Morgan fingerprint density at radius 1 is 1.75 bits per heavy atom. The fourth-order valence-corrected chi connectivity index (χ4v) is 2.12. The number of rotatable bonds is 6. The van der Waals surface area contributed by atoms with Gasteiger partial charge in [-0.25, -0.2) is 4.98 Å². The van der Waals surface area contributed by atoms with Crippen molar-refractivity contribution in [3.05, 3.63) is 12.5 Å². The number of ether oxygens (including phenoxy) is 1. The van der Waals surface area contributed by atoms with Crippen LogP contribution >= 0.6 is 11.8 Å². The van der Waals surface area contributed by atoms with Gasteiger partial charge in [-0.05, 0) is 20.4 Å². The van der Waals surface area contributed by atoms with Crippen molar-refractivity contribution in [2.75, 3.05) is 19.9 Å². The van der Waals surface area contributed by atoms with Gasteiger partial charge in [0.25, 0.3) is 5.22 Å². The van der Waals surface area contributed by atoms with Crippen molar-refractivity contribution in [1.29, 1.82) is 0 Å². The molecule has 0 aliphatic carbocycles. The SMILES string of the molecule is CNC(C)(CCSc1ncco1)C(=O)OC. The second kappa shape index (κ2) is 5.91. The molecule has 90 valence electrons. The third-order valence-corrected chi connectivity index (χ3v) is 3.28. The van der Waals surface area contributed by atoms with Gasteiger partial charge >= 0.3 is 5.97 Å². The Morgan fingerprint density at radius 2 is 2.50 bits per heavy atom. The summed E-state index contributed by atoms with van der Waals surface area (Å²) in [5, 5.41) is 3.58. The van der Waals surface area contributed by atoms with Gasteiger partial charge in [0.1, 0.15) is 11.8 Å². The van der Waals surface area contributed by atoms with Crippen LogP contribution in [0.3, 0.4) is 0 Å². The summed E-state index contributed by atoms with van der Waals surface area (Å²) in [7, 11) is 3.13. The van der Waals surface area contributed by atoms with Gasteiger partial charge < -0.3 is 14.5 Å². The fourth-order valence-electron chi connectivity index (χ4n) is 1.18. The summed E-state index contributed by atoms with van der Waals surface area (Å²) in [6.07, 6.45) is 3.77. The maximum absolute atomic E-state index is 11.5. The van der Waals surface area contributed by atoms with Gasteiger partial charge in [0, 0.05) is 5.75 Å². The van der Waals surface area contributed by atoms with Gasteiger partial charge in [0.2, 0.25) is 0 Å². The molecule has 5 nitrogen and oxygen atoms in total. The number of nitrogens with zero attached hydrogens (tertiary/aromatic N) is 1. The molecule has 1 aromatic rings. The van der Waals surface area contributed by atoms with Gasteiger partial charge in [-0.15, -0.1) is 0 Å². The lowest BCUT2D eigenvalue weighted by atomic mass is 10.00. The number of nitrogens with one attached hydrogen (secondary N) is 1. The molecule has 1 atom stereocenters. The van der Waals surface area contributed by atoms with Crippen molar-refractivity contribution >= 4 is 17.7 Å². The summed E-state index contributed by atoms with van der Waals surface area (Å²) in [4.78, 5) is 15.5. The number of likely N-dealkylation sites (N-methyl/N-ethyl adjacent to an activating group) is 1. The molecule has 6 heteroatoms. The topological polar surface area (TPSA) is 64.4 Å².